The average Bonchev–Trinajstić information content (AvgIpc) is 2.72. The van der Waals surface area contributed by atoms with E-state index in [0.29, 0.717) is 13.1 Å². The van der Waals surface area contributed by atoms with Crippen LogP contribution in [0.2, 0.25) is 0 Å². The van der Waals surface area contributed by atoms with Crippen LogP contribution in [0.15, 0.2) is 60.0 Å². The van der Waals surface area contributed by atoms with Crippen molar-refractivity contribution >= 4 is 27.7 Å². The molecule has 3 rings (SSSR count). The zero-order valence-electron chi connectivity index (χ0n) is 15.9. The Hall–Kier alpha value is -2.64. The Balaban J connectivity index is 1.48. The summed E-state index contributed by atoms with van der Waals surface area (Å²) in [5, 5.41) is 1.10. The van der Waals surface area contributed by atoms with Crippen molar-refractivity contribution in [1.29, 1.82) is 0 Å². The van der Waals surface area contributed by atoms with Gasteiger partial charge in [-0.05, 0) is 30.7 Å². The van der Waals surface area contributed by atoms with E-state index in [1.807, 2.05) is 61.5 Å². The Labute approximate surface area is 166 Å². The van der Waals surface area contributed by atoms with Gasteiger partial charge in [0, 0.05) is 37.3 Å². The fourth-order valence-corrected chi connectivity index (χ4v) is 3.78. The van der Waals surface area contributed by atoms with Crippen molar-refractivity contribution in [2.24, 2.45) is 0 Å². The summed E-state index contributed by atoms with van der Waals surface area (Å²) in [6.45, 7) is 4.36. The Morgan fingerprint density at radius 3 is 2.29 bits per heavy atom. The summed E-state index contributed by atoms with van der Waals surface area (Å²) in [6, 6.07) is 17.6. The van der Waals surface area contributed by atoms with Gasteiger partial charge in [-0.2, -0.15) is 0 Å². The number of carbonyl (C=O) groups is 1. The molecule has 2 aromatic carbocycles. The number of rotatable bonds is 6. The van der Waals surface area contributed by atoms with E-state index in [1.165, 1.54) is 6.08 Å². The maximum absolute atomic E-state index is 12.4. The van der Waals surface area contributed by atoms with Crippen molar-refractivity contribution in [2.45, 2.75) is 6.92 Å². The molecule has 0 bridgehead atoms. The molecule has 1 heterocycles. The van der Waals surface area contributed by atoms with Crippen molar-refractivity contribution < 1.29 is 13.2 Å². The number of para-hydroxylation sites is 1. The van der Waals surface area contributed by atoms with E-state index < -0.39 is 10.0 Å². The summed E-state index contributed by atoms with van der Waals surface area (Å²) in [5.41, 5.74) is 3.03. The zero-order valence-corrected chi connectivity index (χ0v) is 16.7. The third kappa shape index (κ3) is 5.68. The molecule has 0 unspecified atom stereocenters. The molecule has 0 saturated carbocycles. The molecular formula is C21H25N3O3S. The normalized spacial score (nSPS) is 15.2. The monoisotopic (exact) mass is 399 g/mol. The zero-order chi connectivity index (χ0) is 20.0. The van der Waals surface area contributed by atoms with Gasteiger partial charge in [0.2, 0.25) is 15.9 Å². The number of benzene rings is 2. The molecule has 0 aromatic heterocycles. The molecule has 1 N–H and O–H groups in total. The Bertz CT molecular complexity index is 917. The lowest BCUT2D eigenvalue weighted by atomic mass is 10.2. The van der Waals surface area contributed by atoms with Crippen LogP contribution in [0.5, 0.6) is 0 Å². The maximum Gasteiger partial charge on any atom is 0.237 e. The van der Waals surface area contributed by atoms with E-state index in [-0.39, 0.29) is 12.5 Å². The van der Waals surface area contributed by atoms with Crippen LogP contribution >= 0.6 is 0 Å². The van der Waals surface area contributed by atoms with Crippen LogP contribution in [0.3, 0.4) is 0 Å². The molecule has 0 aliphatic carbocycles. The second-order valence-electron chi connectivity index (χ2n) is 6.78. The van der Waals surface area contributed by atoms with E-state index >= 15 is 0 Å². The van der Waals surface area contributed by atoms with Crippen molar-refractivity contribution in [3.63, 3.8) is 0 Å². The fourth-order valence-electron chi connectivity index (χ4n) is 3.02. The molecule has 1 aliphatic heterocycles. The molecule has 1 amide bonds. The predicted octanol–water partition coefficient (Wildman–Crippen LogP) is 2.23. The molecule has 7 heteroatoms. The quantitative estimate of drug-likeness (QED) is 0.809. The van der Waals surface area contributed by atoms with Gasteiger partial charge in [0.25, 0.3) is 0 Å². The van der Waals surface area contributed by atoms with E-state index in [2.05, 4.69) is 9.62 Å². The van der Waals surface area contributed by atoms with Crippen LogP contribution in [0.1, 0.15) is 11.1 Å². The number of nitrogens with one attached hydrogen (secondary N) is 1. The minimum Gasteiger partial charge on any atom is -0.368 e. The van der Waals surface area contributed by atoms with Crippen molar-refractivity contribution in [1.82, 2.24) is 9.62 Å². The minimum absolute atomic E-state index is 0.208. The van der Waals surface area contributed by atoms with Gasteiger partial charge in [-0.3, -0.25) is 4.79 Å². The number of carbonyl (C=O) groups excluding carboxylic acids is 1. The molecular weight excluding hydrogens is 374 g/mol. The molecule has 1 fully saturated rings. The molecule has 2 aromatic rings. The first-order chi connectivity index (χ1) is 13.4. The van der Waals surface area contributed by atoms with Crippen LogP contribution in [0.4, 0.5) is 5.69 Å². The number of anilines is 1. The highest BCUT2D eigenvalue weighted by Crippen LogP contribution is 2.15. The third-order valence-electron chi connectivity index (χ3n) is 4.70. The maximum atomic E-state index is 12.4. The van der Waals surface area contributed by atoms with Gasteiger partial charge in [-0.25, -0.2) is 13.1 Å². The predicted molar refractivity (Wildman–Crippen MR) is 112 cm³/mol. The van der Waals surface area contributed by atoms with Crippen molar-refractivity contribution in [3.8, 4) is 0 Å². The van der Waals surface area contributed by atoms with Crippen molar-refractivity contribution in [2.75, 3.05) is 37.6 Å². The highest BCUT2D eigenvalue weighted by Gasteiger charge is 2.22. The molecule has 6 nitrogen and oxygen atoms in total. The van der Waals surface area contributed by atoms with Gasteiger partial charge in [0.05, 0.1) is 6.54 Å². The molecule has 1 saturated heterocycles. The van der Waals surface area contributed by atoms with Gasteiger partial charge < -0.3 is 9.80 Å². The van der Waals surface area contributed by atoms with E-state index in [9.17, 15) is 13.2 Å². The van der Waals surface area contributed by atoms with Gasteiger partial charge in [0.1, 0.15) is 0 Å². The van der Waals surface area contributed by atoms with E-state index in [4.69, 9.17) is 0 Å². The number of hydrogen-bond acceptors (Lipinski definition) is 4. The van der Waals surface area contributed by atoms with Gasteiger partial charge in [0.15, 0.2) is 0 Å². The van der Waals surface area contributed by atoms with Crippen LogP contribution in [-0.4, -0.2) is 51.9 Å². The summed E-state index contributed by atoms with van der Waals surface area (Å²) in [7, 11) is -3.67. The van der Waals surface area contributed by atoms with Crippen LogP contribution in [-0.2, 0) is 14.8 Å². The lowest BCUT2D eigenvalue weighted by molar-refractivity contribution is -0.130. The molecule has 0 atom stereocenters. The lowest BCUT2D eigenvalue weighted by Gasteiger charge is -2.36. The molecule has 0 spiro atoms. The van der Waals surface area contributed by atoms with Crippen LogP contribution < -0.4 is 9.62 Å². The SMILES string of the molecule is Cc1ccc(C=CS(=O)(=O)NCC(=O)N2CCN(c3ccccc3)CC2)cc1. The first-order valence-electron chi connectivity index (χ1n) is 9.25. The van der Waals surface area contributed by atoms with Gasteiger partial charge in [-0.1, -0.05) is 48.0 Å². The topological polar surface area (TPSA) is 69.7 Å². The number of amides is 1. The van der Waals surface area contributed by atoms with E-state index in [0.717, 1.165) is 35.3 Å². The largest absolute Gasteiger partial charge is 0.368 e. The summed E-state index contributed by atoms with van der Waals surface area (Å²) >= 11 is 0. The molecule has 1 aliphatic rings. The molecule has 0 radical (unpaired) electrons. The number of aryl methyl sites for hydroxylation is 1. The minimum atomic E-state index is -3.67. The van der Waals surface area contributed by atoms with Crippen LogP contribution in [0.25, 0.3) is 6.08 Å². The summed E-state index contributed by atoms with van der Waals surface area (Å²) in [6.07, 6.45) is 1.52. The standard InChI is InChI=1S/C21H25N3O3S/c1-18-7-9-19(10-8-18)11-16-28(26,27)22-17-21(25)24-14-12-23(13-15-24)20-5-3-2-4-6-20/h2-11,16,22H,12-15,17H2,1H3. The van der Waals surface area contributed by atoms with Gasteiger partial charge >= 0.3 is 0 Å². The van der Waals surface area contributed by atoms with E-state index in [1.54, 1.807) is 4.90 Å². The number of piperazine rings is 1. The molecule has 148 valence electrons. The Morgan fingerprint density at radius 1 is 1.00 bits per heavy atom. The lowest BCUT2D eigenvalue weighted by Crippen LogP contribution is -2.51. The fraction of sp³-hybridized carbons (Fsp3) is 0.286. The average molecular weight is 400 g/mol. The smallest absolute Gasteiger partial charge is 0.237 e. The Morgan fingerprint density at radius 2 is 1.64 bits per heavy atom. The second-order valence-corrected chi connectivity index (χ2v) is 8.43. The highest BCUT2D eigenvalue weighted by atomic mass is 32.2. The third-order valence-corrected chi connectivity index (χ3v) is 5.74. The summed E-state index contributed by atoms with van der Waals surface area (Å²) in [5.74, 6) is -0.208. The second kappa shape index (κ2) is 9.03. The number of hydrogen-bond donors (Lipinski definition) is 1. The molecule has 28 heavy (non-hydrogen) atoms. The summed E-state index contributed by atoms with van der Waals surface area (Å²) < 4.78 is 26.6. The van der Waals surface area contributed by atoms with Crippen LogP contribution in [0, 0.1) is 6.92 Å². The number of nitrogens with zero attached hydrogens (tertiary/aromatic N) is 2. The number of sulfonamides is 1. The Kier molecular flexibility index (Phi) is 6.49. The van der Waals surface area contributed by atoms with Crippen molar-refractivity contribution in [3.05, 3.63) is 71.1 Å². The summed E-state index contributed by atoms with van der Waals surface area (Å²) in [4.78, 5) is 16.3. The van der Waals surface area contributed by atoms with Gasteiger partial charge in [-0.15, -0.1) is 0 Å². The first kappa shape index (κ1) is 20.1. The highest BCUT2D eigenvalue weighted by molar-refractivity contribution is 7.92. The first-order valence-corrected chi connectivity index (χ1v) is 10.8.